The Morgan fingerprint density at radius 1 is 1.13 bits per heavy atom. The molecule has 0 bridgehead atoms. The van der Waals surface area contributed by atoms with Crippen LogP contribution in [-0.2, 0) is 0 Å². The Kier molecular flexibility index (Phi) is 5.74. The Balaban J connectivity index is 1.14. The van der Waals surface area contributed by atoms with Crippen molar-refractivity contribution in [2.75, 3.05) is 26.2 Å². The van der Waals surface area contributed by atoms with Crippen LogP contribution in [0.3, 0.4) is 0 Å². The van der Waals surface area contributed by atoms with Crippen LogP contribution in [-0.4, -0.2) is 47.3 Å². The first-order chi connectivity index (χ1) is 15.0. The number of nitrogens with zero attached hydrogens (tertiary/aromatic N) is 1. The number of aliphatic hydroxyl groups is 1. The average Bonchev–Trinajstić information content (AvgIpc) is 3.35. The Morgan fingerprint density at radius 3 is 2.81 bits per heavy atom. The van der Waals surface area contributed by atoms with E-state index in [1.807, 2.05) is 36.5 Å². The summed E-state index contributed by atoms with van der Waals surface area (Å²) in [6, 6.07) is 17.2. The van der Waals surface area contributed by atoms with Crippen molar-refractivity contribution in [1.82, 2.24) is 9.88 Å². The van der Waals surface area contributed by atoms with E-state index in [2.05, 4.69) is 47.1 Å². The first-order valence-electron chi connectivity index (χ1n) is 11.2. The van der Waals surface area contributed by atoms with Gasteiger partial charge in [0.25, 0.3) is 0 Å². The molecule has 1 aliphatic heterocycles. The third-order valence-electron chi connectivity index (χ3n) is 6.34. The lowest BCUT2D eigenvalue weighted by atomic mass is 9.94. The molecule has 1 atom stereocenters. The van der Waals surface area contributed by atoms with Crippen molar-refractivity contribution in [2.45, 2.75) is 38.7 Å². The monoisotopic (exact) mass is 434 g/mol. The number of ether oxygens (including phenoxy) is 1. The molecule has 5 rings (SSSR count). The van der Waals surface area contributed by atoms with E-state index in [1.165, 1.54) is 20.5 Å². The van der Waals surface area contributed by atoms with Gasteiger partial charge in [0, 0.05) is 32.7 Å². The third kappa shape index (κ3) is 4.49. The van der Waals surface area contributed by atoms with E-state index in [1.54, 1.807) is 0 Å². The van der Waals surface area contributed by atoms with Gasteiger partial charge in [-0.3, -0.25) is 0 Å². The lowest BCUT2D eigenvalue weighted by Gasteiger charge is -2.32. The molecule has 2 aromatic heterocycles. The van der Waals surface area contributed by atoms with Gasteiger partial charge in [-0.2, -0.15) is 0 Å². The van der Waals surface area contributed by atoms with E-state index < -0.39 is 6.10 Å². The summed E-state index contributed by atoms with van der Waals surface area (Å²) in [7, 11) is 0. The summed E-state index contributed by atoms with van der Waals surface area (Å²) in [6.45, 7) is 7.25. The second kappa shape index (κ2) is 8.65. The molecule has 162 valence electrons. The number of hydrogen-bond donors (Lipinski definition) is 2. The molecule has 5 heteroatoms. The fraction of sp³-hybridized carbons (Fsp3) is 0.385. The minimum Gasteiger partial charge on any atom is -0.490 e. The van der Waals surface area contributed by atoms with Crippen LogP contribution < -0.4 is 4.74 Å². The molecule has 1 aliphatic rings. The summed E-state index contributed by atoms with van der Waals surface area (Å²) in [5.74, 6) is 1.47. The number of likely N-dealkylation sites (tertiary alicyclic amines) is 1. The molecule has 31 heavy (non-hydrogen) atoms. The SMILES string of the molecule is Cc1ccc2cc(C3CCN(C[C@H](O)COc4cccc5[nH]c(C)cc45)CC3)sc2c1. The minimum absolute atomic E-state index is 0.318. The fourth-order valence-corrected chi connectivity index (χ4v) is 6.02. The van der Waals surface area contributed by atoms with Crippen LogP contribution in [0.5, 0.6) is 5.75 Å². The van der Waals surface area contributed by atoms with E-state index in [9.17, 15) is 5.11 Å². The lowest BCUT2D eigenvalue weighted by Crippen LogP contribution is -2.40. The summed E-state index contributed by atoms with van der Waals surface area (Å²) in [5.41, 5.74) is 3.51. The average molecular weight is 435 g/mol. The second-order valence-corrected chi connectivity index (χ2v) is 10.0. The van der Waals surface area contributed by atoms with E-state index in [4.69, 9.17) is 4.74 Å². The number of H-pyrrole nitrogens is 1. The number of thiophene rings is 1. The zero-order valence-electron chi connectivity index (χ0n) is 18.2. The summed E-state index contributed by atoms with van der Waals surface area (Å²) < 4.78 is 7.38. The molecule has 1 fully saturated rings. The maximum Gasteiger partial charge on any atom is 0.128 e. The lowest BCUT2D eigenvalue weighted by molar-refractivity contribution is 0.0600. The molecule has 4 nitrogen and oxygen atoms in total. The number of aliphatic hydroxyl groups excluding tert-OH is 1. The number of β-amino-alcohol motifs (C(OH)–C–C–N with tert-alkyl or cyclic N) is 1. The highest BCUT2D eigenvalue weighted by molar-refractivity contribution is 7.19. The zero-order chi connectivity index (χ0) is 21.4. The van der Waals surface area contributed by atoms with Crippen LogP contribution in [0, 0.1) is 13.8 Å². The smallest absolute Gasteiger partial charge is 0.128 e. The van der Waals surface area contributed by atoms with Crippen LogP contribution in [0.25, 0.3) is 21.0 Å². The normalized spacial score (nSPS) is 16.9. The highest BCUT2D eigenvalue weighted by Crippen LogP contribution is 2.36. The Morgan fingerprint density at radius 2 is 1.97 bits per heavy atom. The van der Waals surface area contributed by atoms with Gasteiger partial charge in [0.2, 0.25) is 0 Å². The highest BCUT2D eigenvalue weighted by Gasteiger charge is 2.24. The number of nitrogens with one attached hydrogen (secondary N) is 1. The summed E-state index contributed by atoms with van der Waals surface area (Å²) in [6.07, 6.45) is 1.82. The molecule has 0 saturated carbocycles. The van der Waals surface area contributed by atoms with Crippen molar-refractivity contribution < 1.29 is 9.84 Å². The molecule has 0 spiro atoms. The van der Waals surface area contributed by atoms with Gasteiger partial charge in [-0.25, -0.2) is 0 Å². The Labute approximate surface area is 187 Å². The quantitative estimate of drug-likeness (QED) is 0.414. The predicted molar refractivity (Wildman–Crippen MR) is 130 cm³/mol. The maximum atomic E-state index is 10.6. The van der Waals surface area contributed by atoms with Crippen LogP contribution >= 0.6 is 11.3 Å². The molecule has 1 saturated heterocycles. The molecule has 2 aromatic carbocycles. The fourth-order valence-electron chi connectivity index (χ4n) is 4.69. The van der Waals surface area contributed by atoms with E-state index >= 15 is 0 Å². The Bertz CT molecular complexity index is 1190. The standard InChI is InChI=1S/C26H30N2O2S/c1-17-6-7-20-14-26(31-25(20)12-17)19-8-10-28(11-9-19)15-21(29)16-30-24-5-3-4-23-22(24)13-18(2)27-23/h3-7,12-14,19,21,27,29H,8-11,15-16H2,1-2H3/t21-/m0/s1. The van der Waals surface area contributed by atoms with E-state index in [0.29, 0.717) is 19.1 Å². The minimum atomic E-state index is -0.487. The van der Waals surface area contributed by atoms with Crippen molar-refractivity contribution in [1.29, 1.82) is 0 Å². The molecule has 2 N–H and O–H groups in total. The molecule has 0 amide bonds. The van der Waals surface area contributed by atoms with Gasteiger partial charge < -0.3 is 19.7 Å². The van der Waals surface area contributed by atoms with Crippen LogP contribution in [0.2, 0.25) is 0 Å². The van der Waals surface area contributed by atoms with Crippen LogP contribution in [0.15, 0.2) is 48.5 Å². The maximum absolute atomic E-state index is 10.6. The van der Waals surface area contributed by atoms with E-state index in [0.717, 1.165) is 48.3 Å². The highest BCUT2D eigenvalue weighted by atomic mass is 32.1. The molecular formula is C26H30N2O2S. The molecule has 4 aromatic rings. The van der Waals surface area contributed by atoms with Crippen LogP contribution in [0.4, 0.5) is 0 Å². The van der Waals surface area contributed by atoms with E-state index in [-0.39, 0.29) is 0 Å². The number of piperidine rings is 1. The van der Waals surface area contributed by atoms with Crippen molar-refractivity contribution >= 4 is 32.3 Å². The summed E-state index contributed by atoms with van der Waals surface area (Å²) >= 11 is 1.95. The van der Waals surface area contributed by atoms with Crippen molar-refractivity contribution in [3.63, 3.8) is 0 Å². The molecule has 0 aliphatic carbocycles. The number of aromatic amines is 1. The molecule has 3 heterocycles. The number of aryl methyl sites for hydroxylation is 2. The van der Waals surface area contributed by atoms with Gasteiger partial charge in [-0.15, -0.1) is 11.3 Å². The first-order valence-corrected chi connectivity index (χ1v) is 12.0. The Hall–Kier alpha value is -2.34. The third-order valence-corrected chi connectivity index (χ3v) is 7.60. The summed E-state index contributed by atoms with van der Waals surface area (Å²) in [5, 5.41) is 13.0. The summed E-state index contributed by atoms with van der Waals surface area (Å²) in [4.78, 5) is 7.22. The van der Waals surface area contributed by atoms with Gasteiger partial charge in [0.1, 0.15) is 18.5 Å². The topological polar surface area (TPSA) is 48.5 Å². The largest absolute Gasteiger partial charge is 0.490 e. The van der Waals surface area contributed by atoms with Gasteiger partial charge in [-0.05, 0) is 87.0 Å². The second-order valence-electron chi connectivity index (χ2n) is 8.90. The number of fused-ring (bicyclic) bond motifs is 2. The zero-order valence-corrected chi connectivity index (χ0v) is 19.0. The molecular weight excluding hydrogens is 404 g/mol. The predicted octanol–water partition coefficient (Wildman–Crippen LogP) is 5.62. The number of benzene rings is 2. The number of hydrogen-bond acceptors (Lipinski definition) is 4. The van der Waals surface area contributed by atoms with Crippen LogP contribution in [0.1, 0.15) is 34.9 Å². The van der Waals surface area contributed by atoms with Gasteiger partial charge >= 0.3 is 0 Å². The van der Waals surface area contributed by atoms with Crippen molar-refractivity contribution in [3.8, 4) is 5.75 Å². The van der Waals surface area contributed by atoms with Gasteiger partial charge in [-0.1, -0.05) is 18.2 Å². The van der Waals surface area contributed by atoms with Crippen molar-refractivity contribution in [3.05, 3.63) is 64.7 Å². The number of aromatic nitrogens is 1. The van der Waals surface area contributed by atoms with Gasteiger partial charge in [0.05, 0.1) is 0 Å². The first kappa shape index (κ1) is 20.6. The number of rotatable bonds is 6. The van der Waals surface area contributed by atoms with Gasteiger partial charge in [0.15, 0.2) is 0 Å². The molecule has 0 radical (unpaired) electrons. The molecule has 0 unspecified atom stereocenters. The van der Waals surface area contributed by atoms with Crippen molar-refractivity contribution in [2.24, 2.45) is 0 Å².